The van der Waals surface area contributed by atoms with Crippen molar-refractivity contribution in [2.24, 2.45) is 15.7 Å². The minimum Gasteiger partial charge on any atom is -0.386 e. The van der Waals surface area contributed by atoms with Crippen LogP contribution < -0.4 is 5.73 Å². The van der Waals surface area contributed by atoms with Crippen molar-refractivity contribution < 1.29 is 4.79 Å². The molecule has 0 radical (unpaired) electrons. The van der Waals surface area contributed by atoms with Crippen LogP contribution in [0.3, 0.4) is 0 Å². The molecule has 1 atom stereocenters. The van der Waals surface area contributed by atoms with Crippen LogP contribution in [-0.4, -0.2) is 22.9 Å². The molecule has 0 bridgehead atoms. The van der Waals surface area contributed by atoms with Crippen LogP contribution in [0.15, 0.2) is 9.98 Å². The lowest BCUT2D eigenvalue weighted by atomic mass is 10.4. The molecule has 1 aliphatic heterocycles. The van der Waals surface area contributed by atoms with Crippen molar-refractivity contribution in [3.8, 4) is 0 Å². The van der Waals surface area contributed by atoms with Crippen molar-refractivity contribution in [2.75, 3.05) is 0 Å². The van der Waals surface area contributed by atoms with Crippen LogP contribution in [0.4, 0.5) is 4.79 Å². The Morgan fingerprint density at radius 2 is 2.44 bits per heavy atom. The first kappa shape index (κ1) is 6.41. The van der Waals surface area contributed by atoms with Gasteiger partial charge in [-0.3, -0.25) is 0 Å². The summed E-state index contributed by atoms with van der Waals surface area (Å²) >= 11 is 3.12. The number of amides is 2. The van der Waals surface area contributed by atoms with E-state index in [1.54, 1.807) is 0 Å². The smallest absolute Gasteiger partial charge is 0.368 e. The third kappa shape index (κ3) is 1.35. The van der Waals surface area contributed by atoms with Crippen LogP contribution in [0.25, 0.3) is 0 Å². The van der Waals surface area contributed by atoms with Gasteiger partial charge in [0.1, 0.15) is 10.7 Å². The van der Waals surface area contributed by atoms with Gasteiger partial charge in [-0.05, 0) is 0 Å². The molecule has 1 heterocycles. The minimum absolute atomic E-state index is 0.185. The zero-order valence-electron chi connectivity index (χ0n) is 4.41. The SMILES string of the molecule is NC1=NC(=O)N=CC1Br. The molecule has 48 valence electrons. The standard InChI is InChI=1S/C4H4BrN3O/c5-2-1-7-4(9)8-3(2)6/h1-2H,(H2,6,8,9). The van der Waals surface area contributed by atoms with Crippen molar-refractivity contribution in [2.45, 2.75) is 4.83 Å². The van der Waals surface area contributed by atoms with E-state index in [4.69, 9.17) is 5.73 Å². The van der Waals surface area contributed by atoms with Crippen molar-refractivity contribution >= 4 is 34.0 Å². The molecule has 2 N–H and O–H groups in total. The molecule has 2 amide bonds. The van der Waals surface area contributed by atoms with E-state index < -0.39 is 6.03 Å². The molecule has 0 spiro atoms. The zero-order valence-corrected chi connectivity index (χ0v) is 6.00. The fraction of sp³-hybridized carbons (Fsp3) is 0.250. The van der Waals surface area contributed by atoms with E-state index in [-0.39, 0.29) is 10.7 Å². The minimum atomic E-state index is -0.539. The van der Waals surface area contributed by atoms with Crippen molar-refractivity contribution in [1.82, 2.24) is 0 Å². The van der Waals surface area contributed by atoms with Crippen LogP contribution in [0.5, 0.6) is 0 Å². The Bertz CT molecular complexity index is 198. The first-order valence-electron chi connectivity index (χ1n) is 2.26. The molecule has 0 fully saturated rings. The molecular weight excluding hydrogens is 186 g/mol. The highest BCUT2D eigenvalue weighted by Gasteiger charge is 2.12. The van der Waals surface area contributed by atoms with Gasteiger partial charge < -0.3 is 5.73 Å². The number of carbonyl (C=O) groups is 1. The maximum atomic E-state index is 10.3. The van der Waals surface area contributed by atoms with Crippen LogP contribution in [0, 0.1) is 0 Å². The van der Waals surface area contributed by atoms with Gasteiger partial charge in [0, 0.05) is 6.21 Å². The molecular formula is C4H4BrN3O. The Hall–Kier alpha value is -0.710. The second kappa shape index (κ2) is 2.26. The zero-order chi connectivity index (χ0) is 6.85. The lowest BCUT2D eigenvalue weighted by molar-refractivity contribution is 0.257. The van der Waals surface area contributed by atoms with E-state index in [0.29, 0.717) is 0 Å². The van der Waals surface area contributed by atoms with E-state index in [1.807, 2.05) is 0 Å². The van der Waals surface area contributed by atoms with Gasteiger partial charge in [-0.25, -0.2) is 9.79 Å². The van der Waals surface area contributed by atoms with Crippen molar-refractivity contribution in [3.05, 3.63) is 0 Å². The first-order chi connectivity index (χ1) is 4.20. The van der Waals surface area contributed by atoms with E-state index in [0.717, 1.165) is 0 Å². The number of nitrogens with two attached hydrogens (primary N) is 1. The molecule has 1 rings (SSSR count). The summed E-state index contributed by atoms with van der Waals surface area (Å²) in [5.74, 6) is 0.259. The molecule has 0 aliphatic carbocycles. The maximum absolute atomic E-state index is 10.3. The summed E-state index contributed by atoms with van der Waals surface area (Å²) < 4.78 is 0. The average Bonchev–Trinajstić information content (AvgIpc) is 1.80. The van der Waals surface area contributed by atoms with Gasteiger partial charge in [-0.2, -0.15) is 4.99 Å². The highest BCUT2D eigenvalue weighted by Crippen LogP contribution is 2.01. The number of halogens is 1. The van der Waals surface area contributed by atoms with E-state index in [2.05, 4.69) is 25.9 Å². The highest BCUT2D eigenvalue weighted by atomic mass is 79.9. The topological polar surface area (TPSA) is 67.8 Å². The van der Waals surface area contributed by atoms with Crippen LogP contribution in [0.1, 0.15) is 0 Å². The van der Waals surface area contributed by atoms with Gasteiger partial charge in [0.15, 0.2) is 0 Å². The van der Waals surface area contributed by atoms with Gasteiger partial charge in [0.05, 0.1) is 0 Å². The Morgan fingerprint density at radius 1 is 1.78 bits per heavy atom. The van der Waals surface area contributed by atoms with Crippen molar-refractivity contribution in [1.29, 1.82) is 0 Å². The Morgan fingerprint density at radius 3 is 2.89 bits per heavy atom. The van der Waals surface area contributed by atoms with Crippen LogP contribution >= 0.6 is 15.9 Å². The molecule has 0 aromatic heterocycles. The van der Waals surface area contributed by atoms with Gasteiger partial charge in [0.25, 0.3) is 0 Å². The lowest BCUT2D eigenvalue weighted by Crippen LogP contribution is -2.28. The lowest BCUT2D eigenvalue weighted by Gasteiger charge is -2.04. The first-order valence-corrected chi connectivity index (χ1v) is 3.18. The van der Waals surface area contributed by atoms with Gasteiger partial charge in [-0.15, -0.1) is 0 Å². The van der Waals surface area contributed by atoms with Crippen molar-refractivity contribution in [3.63, 3.8) is 0 Å². The number of hydrogen-bond donors (Lipinski definition) is 1. The van der Waals surface area contributed by atoms with Gasteiger partial charge in [-0.1, -0.05) is 15.9 Å². The Kier molecular flexibility index (Phi) is 1.61. The molecule has 0 saturated carbocycles. The highest BCUT2D eigenvalue weighted by molar-refractivity contribution is 9.10. The second-order valence-electron chi connectivity index (χ2n) is 1.50. The van der Waals surface area contributed by atoms with Gasteiger partial charge in [0.2, 0.25) is 0 Å². The monoisotopic (exact) mass is 189 g/mol. The largest absolute Gasteiger partial charge is 0.386 e. The summed E-state index contributed by atoms with van der Waals surface area (Å²) in [4.78, 5) is 16.9. The average molecular weight is 190 g/mol. The summed E-state index contributed by atoms with van der Waals surface area (Å²) in [6.07, 6.45) is 1.41. The summed E-state index contributed by atoms with van der Waals surface area (Å²) in [6, 6.07) is -0.539. The number of carbonyl (C=O) groups excluding carboxylic acids is 1. The molecule has 1 unspecified atom stereocenters. The Balaban J connectivity index is 2.82. The third-order valence-corrected chi connectivity index (χ3v) is 1.53. The molecule has 9 heavy (non-hydrogen) atoms. The summed E-state index contributed by atoms with van der Waals surface area (Å²) in [7, 11) is 0. The second-order valence-corrected chi connectivity index (χ2v) is 2.49. The van der Waals surface area contributed by atoms with E-state index >= 15 is 0 Å². The van der Waals surface area contributed by atoms with Crippen LogP contribution in [-0.2, 0) is 0 Å². The summed E-state index contributed by atoms with van der Waals surface area (Å²) in [5, 5.41) is 0. The number of alkyl halides is 1. The van der Waals surface area contributed by atoms with Crippen LogP contribution in [0.2, 0.25) is 0 Å². The van der Waals surface area contributed by atoms with E-state index in [9.17, 15) is 4.79 Å². The fourth-order valence-electron chi connectivity index (χ4n) is 0.407. The predicted octanol–water partition coefficient (Wildman–Crippen LogP) is 0.312. The normalized spacial score (nSPS) is 26.1. The number of rotatable bonds is 0. The number of amidine groups is 1. The molecule has 1 aliphatic rings. The number of aliphatic imine (C=N–C) groups is 2. The Labute approximate surface area is 60.0 Å². The molecule has 5 heteroatoms. The number of nitrogens with zero attached hydrogens (tertiary/aromatic N) is 2. The third-order valence-electron chi connectivity index (χ3n) is 0.823. The number of urea groups is 1. The summed E-state index contributed by atoms with van der Waals surface area (Å²) in [6.45, 7) is 0. The maximum Gasteiger partial charge on any atom is 0.368 e. The molecule has 4 nitrogen and oxygen atoms in total. The fourth-order valence-corrected chi connectivity index (χ4v) is 0.627. The van der Waals surface area contributed by atoms with Gasteiger partial charge >= 0.3 is 6.03 Å². The predicted molar refractivity (Wildman–Crippen MR) is 38.2 cm³/mol. The molecule has 0 aromatic rings. The number of hydrogen-bond acceptors (Lipinski definition) is 2. The van der Waals surface area contributed by atoms with E-state index in [1.165, 1.54) is 6.21 Å². The molecule has 0 aromatic carbocycles. The quantitative estimate of drug-likeness (QED) is 0.558. The summed E-state index contributed by atoms with van der Waals surface area (Å²) in [5.41, 5.74) is 5.26. The molecule has 0 saturated heterocycles.